The summed E-state index contributed by atoms with van der Waals surface area (Å²) >= 11 is 0. The average molecular weight is 242 g/mol. The zero-order valence-electron chi connectivity index (χ0n) is 10.6. The third kappa shape index (κ3) is 2.87. The molecule has 0 aliphatic rings. The van der Waals surface area contributed by atoms with Crippen LogP contribution in [-0.4, -0.2) is 11.1 Å². The lowest BCUT2D eigenvalue weighted by Gasteiger charge is -2.08. The second kappa shape index (κ2) is 5.65. The van der Waals surface area contributed by atoms with Gasteiger partial charge in [0.1, 0.15) is 0 Å². The molecule has 1 heterocycles. The van der Waals surface area contributed by atoms with Crippen LogP contribution in [0.3, 0.4) is 0 Å². The smallest absolute Gasteiger partial charge is 0.250 e. The number of nitrogens with two attached hydrogens (primary N) is 1. The molecular weight excluding hydrogens is 224 g/mol. The van der Waals surface area contributed by atoms with Crippen molar-refractivity contribution >= 4 is 0 Å². The molecule has 3 heteroatoms. The minimum absolute atomic E-state index is 0.0276. The minimum Gasteiger partial charge on any atom is -0.330 e. The fourth-order valence-electron chi connectivity index (χ4n) is 1.96. The first-order valence-electron chi connectivity index (χ1n) is 6.18. The lowest BCUT2D eigenvalue weighted by Crippen LogP contribution is -2.20. The highest BCUT2D eigenvalue weighted by molar-refractivity contribution is 5.62. The van der Waals surface area contributed by atoms with Crippen LogP contribution in [-0.2, 0) is 6.54 Å². The van der Waals surface area contributed by atoms with E-state index in [9.17, 15) is 4.79 Å². The predicted octanol–water partition coefficient (Wildman–Crippen LogP) is 2.17. The molecule has 0 saturated carbocycles. The minimum atomic E-state index is 0.0276. The van der Waals surface area contributed by atoms with Crippen LogP contribution in [0, 0.1) is 6.92 Å². The maximum absolute atomic E-state index is 11.7. The Kier molecular flexibility index (Phi) is 3.95. The van der Waals surface area contributed by atoms with E-state index in [0.29, 0.717) is 13.1 Å². The summed E-state index contributed by atoms with van der Waals surface area (Å²) in [5.74, 6) is 0. The average Bonchev–Trinajstić information content (AvgIpc) is 2.38. The van der Waals surface area contributed by atoms with Crippen molar-refractivity contribution in [3.05, 3.63) is 58.5 Å². The number of nitrogens with zero attached hydrogens (tertiary/aromatic N) is 1. The molecule has 1 aromatic carbocycles. The molecule has 0 unspecified atom stereocenters. The molecule has 0 bridgehead atoms. The lowest BCUT2D eigenvalue weighted by molar-refractivity contribution is 0.630. The fourth-order valence-corrected chi connectivity index (χ4v) is 1.96. The highest BCUT2D eigenvalue weighted by Crippen LogP contribution is 2.18. The first-order chi connectivity index (χ1) is 8.70. The molecule has 18 heavy (non-hydrogen) atoms. The van der Waals surface area contributed by atoms with Crippen molar-refractivity contribution in [1.82, 2.24) is 4.57 Å². The number of pyridine rings is 1. The van der Waals surface area contributed by atoms with E-state index in [1.165, 1.54) is 5.56 Å². The maximum atomic E-state index is 11.7. The van der Waals surface area contributed by atoms with Crippen LogP contribution in [0.1, 0.15) is 12.0 Å². The van der Waals surface area contributed by atoms with E-state index >= 15 is 0 Å². The van der Waals surface area contributed by atoms with Crippen LogP contribution in [0.15, 0.2) is 47.4 Å². The van der Waals surface area contributed by atoms with Gasteiger partial charge in [-0.3, -0.25) is 4.79 Å². The van der Waals surface area contributed by atoms with Gasteiger partial charge in [-0.15, -0.1) is 0 Å². The first kappa shape index (κ1) is 12.6. The number of rotatable bonds is 4. The van der Waals surface area contributed by atoms with E-state index in [1.54, 1.807) is 10.6 Å². The molecule has 0 saturated heterocycles. The molecular formula is C15H18N2O. The Morgan fingerprint density at radius 3 is 2.72 bits per heavy atom. The Morgan fingerprint density at radius 1 is 1.17 bits per heavy atom. The SMILES string of the molecule is Cc1cccc(-c2ccc(=O)n(CCCN)c2)c1. The molecule has 0 fully saturated rings. The molecule has 0 spiro atoms. The van der Waals surface area contributed by atoms with Gasteiger partial charge in [-0.1, -0.05) is 29.8 Å². The van der Waals surface area contributed by atoms with Crippen LogP contribution in [0.25, 0.3) is 11.1 Å². The standard InChI is InChI=1S/C15H18N2O/c1-12-4-2-5-13(10-12)14-6-7-15(18)17(11-14)9-3-8-16/h2,4-7,10-11H,3,8-9,16H2,1H3. The van der Waals surface area contributed by atoms with Crippen molar-refractivity contribution in [2.75, 3.05) is 6.54 Å². The largest absolute Gasteiger partial charge is 0.330 e. The van der Waals surface area contributed by atoms with Crippen molar-refractivity contribution in [3.63, 3.8) is 0 Å². The second-order valence-corrected chi connectivity index (χ2v) is 4.46. The molecule has 0 amide bonds. The van der Waals surface area contributed by atoms with Crippen LogP contribution in [0.2, 0.25) is 0 Å². The van der Waals surface area contributed by atoms with Gasteiger partial charge in [0.05, 0.1) is 0 Å². The molecule has 94 valence electrons. The number of aryl methyl sites for hydroxylation is 2. The predicted molar refractivity (Wildman–Crippen MR) is 74.5 cm³/mol. The zero-order chi connectivity index (χ0) is 13.0. The van der Waals surface area contributed by atoms with E-state index in [-0.39, 0.29) is 5.56 Å². The van der Waals surface area contributed by atoms with Gasteiger partial charge < -0.3 is 10.3 Å². The van der Waals surface area contributed by atoms with Gasteiger partial charge in [0, 0.05) is 18.8 Å². The number of hydrogen-bond acceptors (Lipinski definition) is 2. The molecule has 3 nitrogen and oxygen atoms in total. The zero-order valence-corrected chi connectivity index (χ0v) is 10.6. The van der Waals surface area contributed by atoms with Gasteiger partial charge in [0.2, 0.25) is 0 Å². The van der Waals surface area contributed by atoms with Gasteiger partial charge >= 0.3 is 0 Å². The second-order valence-electron chi connectivity index (χ2n) is 4.46. The van der Waals surface area contributed by atoms with E-state index in [0.717, 1.165) is 17.5 Å². The topological polar surface area (TPSA) is 48.0 Å². The van der Waals surface area contributed by atoms with Crippen molar-refractivity contribution < 1.29 is 0 Å². The Balaban J connectivity index is 2.37. The van der Waals surface area contributed by atoms with Crippen molar-refractivity contribution in [1.29, 1.82) is 0 Å². The van der Waals surface area contributed by atoms with E-state index in [2.05, 4.69) is 25.1 Å². The Morgan fingerprint density at radius 2 is 2.00 bits per heavy atom. The molecule has 0 atom stereocenters. The van der Waals surface area contributed by atoms with Gasteiger partial charge in [0.25, 0.3) is 5.56 Å². The van der Waals surface area contributed by atoms with Crippen LogP contribution in [0.4, 0.5) is 0 Å². The highest BCUT2D eigenvalue weighted by atomic mass is 16.1. The summed E-state index contributed by atoms with van der Waals surface area (Å²) in [4.78, 5) is 11.7. The highest BCUT2D eigenvalue weighted by Gasteiger charge is 2.01. The van der Waals surface area contributed by atoms with Crippen LogP contribution in [0.5, 0.6) is 0 Å². The fraction of sp³-hybridized carbons (Fsp3) is 0.267. The van der Waals surface area contributed by atoms with Gasteiger partial charge in [-0.05, 0) is 37.1 Å². The van der Waals surface area contributed by atoms with Crippen molar-refractivity contribution in [3.8, 4) is 11.1 Å². The Hall–Kier alpha value is -1.87. The molecule has 0 aliphatic carbocycles. The van der Waals surface area contributed by atoms with E-state index in [4.69, 9.17) is 5.73 Å². The van der Waals surface area contributed by atoms with E-state index < -0.39 is 0 Å². The summed E-state index contributed by atoms with van der Waals surface area (Å²) in [5, 5.41) is 0. The number of aromatic nitrogens is 1. The summed E-state index contributed by atoms with van der Waals surface area (Å²) < 4.78 is 1.73. The quantitative estimate of drug-likeness (QED) is 0.893. The third-order valence-electron chi connectivity index (χ3n) is 2.94. The molecule has 2 rings (SSSR count). The van der Waals surface area contributed by atoms with Crippen LogP contribution < -0.4 is 11.3 Å². The van der Waals surface area contributed by atoms with Crippen LogP contribution >= 0.6 is 0 Å². The monoisotopic (exact) mass is 242 g/mol. The Bertz CT molecular complexity index is 587. The number of hydrogen-bond donors (Lipinski definition) is 1. The molecule has 2 aromatic rings. The van der Waals surface area contributed by atoms with E-state index in [1.807, 2.05) is 18.3 Å². The summed E-state index contributed by atoms with van der Waals surface area (Å²) in [6.45, 7) is 3.34. The summed E-state index contributed by atoms with van der Waals surface area (Å²) in [6, 6.07) is 11.8. The Labute approximate surface area is 107 Å². The van der Waals surface area contributed by atoms with Crippen molar-refractivity contribution in [2.24, 2.45) is 5.73 Å². The summed E-state index contributed by atoms with van der Waals surface area (Å²) in [5.41, 5.74) is 8.92. The van der Waals surface area contributed by atoms with Gasteiger partial charge in [-0.2, -0.15) is 0 Å². The maximum Gasteiger partial charge on any atom is 0.250 e. The molecule has 2 N–H and O–H groups in total. The molecule has 0 radical (unpaired) electrons. The molecule has 0 aliphatic heterocycles. The lowest BCUT2D eigenvalue weighted by atomic mass is 10.1. The normalized spacial score (nSPS) is 10.6. The molecule has 1 aromatic heterocycles. The summed E-state index contributed by atoms with van der Waals surface area (Å²) in [7, 11) is 0. The van der Waals surface area contributed by atoms with Gasteiger partial charge in [-0.25, -0.2) is 0 Å². The first-order valence-corrected chi connectivity index (χ1v) is 6.18. The van der Waals surface area contributed by atoms with Gasteiger partial charge in [0.15, 0.2) is 0 Å². The summed E-state index contributed by atoms with van der Waals surface area (Å²) in [6.07, 6.45) is 2.73. The third-order valence-corrected chi connectivity index (χ3v) is 2.94. The van der Waals surface area contributed by atoms with Crippen molar-refractivity contribution in [2.45, 2.75) is 19.9 Å². The number of benzene rings is 1.